The Bertz CT molecular complexity index is 498. The molecule has 1 aliphatic heterocycles. The summed E-state index contributed by atoms with van der Waals surface area (Å²) in [6.45, 7) is 0.301. The van der Waals surface area contributed by atoms with Crippen molar-refractivity contribution in [2.24, 2.45) is 5.73 Å². The van der Waals surface area contributed by atoms with E-state index >= 15 is 0 Å². The van der Waals surface area contributed by atoms with Gasteiger partial charge in [-0.3, -0.25) is 4.79 Å². The van der Waals surface area contributed by atoms with E-state index in [4.69, 9.17) is 5.73 Å². The molecule has 3 nitrogen and oxygen atoms in total. The van der Waals surface area contributed by atoms with E-state index in [1.807, 2.05) is 36.0 Å². The Morgan fingerprint density at radius 2 is 2.32 bits per heavy atom. The Morgan fingerprint density at radius 1 is 1.47 bits per heavy atom. The van der Waals surface area contributed by atoms with E-state index < -0.39 is 0 Å². The number of carbonyl (C=O) groups is 1. The van der Waals surface area contributed by atoms with Crippen LogP contribution in [0, 0.1) is 11.8 Å². The lowest BCUT2D eigenvalue weighted by Crippen LogP contribution is -2.38. The van der Waals surface area contributed by atoms with Crippen molar-refractivity contribution < 1.29 is 4.79 Å². The number of rotatable bonds is 2. The minimum atomic E-state index is -0.0329. The molecule has 0 aromatic heterocycles. The first kappa shape index (κ1) is 14.0. The summed E-state index contributed by atoms with van der Waals surface area (Å²) in [5.74, 6) is 7.92. The largest absolute Gasteiger partial charge is 0.348 e. The Kier molecular flexibility index (Phi) is 5.31. The molecule has 1 amide bonds. The molecule has 1 aromatic carbocycles. The zero-order valence-corrected chi connectivity index (χ0v) is 11.6. The summed E-state index contributed by atoms with van der Waals surface area (Å²) < 4.78 is 0. The second kappa shape index (κ2) is 7.22. The summed E-state index contributed by atoms with van der Waals surface area (Å²) in [4.78, 5) is 12.3. The third-order valence-corrected chi connectivity index (χ3v) is 4.21. The van der Waals surface area contributed by atoms with Crippen LogP contribution in [0.3, 0.4) is 0 Å². The van der Waals surface area contributed by atoms with Crippen LogP contribution in [-0.4, -0.2) is 30.0 Å². The molecular formula is C15H18N2OS. The first-order valence-electron chi connectivity index (χ1n) is 6.48. The zero-order valence-electron chi connectivity index (χ0n) is 10.8. The zero-order chi connectivity index (χ0) is 13.5. The number of benzene rings is 1. The van der Waals surface area contributed by atoms with Crippen LogP contribution in [0.25, 0.3) is 0 Å². The topological polar surface area (TPSA) is 55.1 Å². The number of thioether (sulfide) groups is 1. The highest BCUT2D eigenvalue weighted by Gasteiger charge is 2.18. The molecule has 1 heterocycles. The maximum absolute atomic E-state index is 12.3. The van der Waals surface area contributed by atoms with Gasteiger partial charge in [-0.2, -0.15) is 11.8 Å². The highest BCUT2D eigenvalue weighted by Crippen LogP contribution is 2.17. The average molecular weight is 274 g/mol. The second-order valence-electron chi connectivity index (χ2n) is 4.44. The summed E-state index contributed by atoms with van der Waals surface area (Å²) in [5, 5.41) is 3.09. The summed E-state index contributed by atoms with van der Waals surface area (Å²) in [5.41, 5.74) is 6.76. The average Bonchev–Trinajstić information content (AvgIpc) is 2.46. The molecule has 1 aliphatic rings. The molecule has 1 unspecified atom stereocenters. The molecule has 0 radical (unpaired) electrons. The van der Waals surface area contributed by atoms with E-state index in [1.165, 1.54) is 12.2 Å². The van der Waals surface area contributed by atoms with Crippen molar-refractivity contribution >= 4 is 17.7 Å². The SMILES string of the molecule is NCC#Cc1ccccc1C(=O)NC1CCCSC1. The normalized spacial score (nSPS) is 18.3. The minimum Gasteiger partial charge on any atom is -0.348 e. The van der Waals surface area contributed by atoms with Crippen molar-refractivity contribution in [3.05, 3.63) is 35.4 Å². The van der Waals surface area contributed by atoms with Crippen LogP contribution in [0.5, 0.6) is 0 Å². The van der Waals surface area contributed by atoms with E-state index in [1.54, 1.807) is 0 Å². The summed E-state index contributed by atoms with van der Waals surface area (Å²) in [7, 11) is 0. The molecule has 3 N–H and O–H groups in total. The van der Waals surface area contributed by atoms with E-state index in [0.29, 0.717) is 12.1 Å². The molecule has 1 saturated heterocycles. The smallest absolute Gasteiger partial charge is 0.252 e. The monoisotopic (exact) mass is 274 g/mol. The predicted octanol–water partition coefficient (Wildman–Crippen LogP) is 1.62. The lowest BCUT2D eigenvalue weighted by molar-refractivity contribution is 0.0938. The molecule has 0 aliphatic carbocycles. The van der Waals surface area contributed by atoms with Gasteiger partial charge in [-0.1, -0.05) is 24.0 Å². The number of amides is 1. The van der Waals surface area contributed by atoms with Gasteiger partial charge in [0, 0.05) is 17.4 Å². The lowest BCUT2D eigenvalue weighted by Gasteiger charge is -2.22. The van der Waals surface area contributed by atoms with Crippen LogP contribution in [-0.2, 0) is 0 Å². The first-order chi connectivity index (χ1) is 9.31. The number of nitrogens with two attached hydrogens (primary N) is 1. The molecule has 1 fully saturated rings. The van der Waals surface area contributed by atoms with Crippen molar-refractivity contribution in [2.45, 2.75) is 18.9 Å². The summed E-state index contributed by atoms with van der Waals surface area (Å²) in [6.07, 6.45) is 2.24. The Labute approximate surface area is 118 Å². The van der Waals surface area contributed by atoms with Gasteiger partial charge in [0.1, 0.15) is 0 Å². The van der Waals surface area contributed by atoms with Crippen molar-refractivity contribution in [2.75, 3.05) is 18.1 Å². The van der Waals surface area contributed by atoms with Gasteiger partial charge in [0.05, 0.1) is 12.1 Å². The minimum absolute atomic E-state index is 0.0329. The van der Waals surface area contributed by atoms with Crippen LogP contribution in [0.2, 0.25) is 0 Å². The van der Waals surface area contributed by atoms with Crippen molar-refractivity contribution in [1.82, 2.24) is 5.32 Å². The van der Waals surface area contributed by atoms with Crippen LogP contribution < -0.4 is 11.1 Å². The summed E-state index contributed by atoms with van der Waals surface area (Å²) in [6, 6.07) is 7.69. The Hall–Kier alpha value is -1.44. The maximum atomic E-state index is 12.3. The van der Waals surface area contributed by atoms with Gasteiger partial charge in [-0.05, 0) is 30.7 Å². The van der Waals surface area contributed by atoms with Crippen LogP contribution >= 0.6 is 11.8 Å². The number of carbonyl (C=O) groups excluding carboxylic acids is 1. The van der Waals surface area contributed by atoms with Gasteiger partial charge in [0.15, 0.2) is 0 Å². The number of nitrogens with one attached hydrogen (secondary N) is 1. The lowest BCUT2D eigenvalue weighted by atomic mass is 10.1. The molecule has 0 bridgehead atoms. The molecule has 2 rings (SSSR count). The van der Waals surface area contributed by atoms with Crippen molar-refractivity contribution in [3.63, 3.8) is 0 Å². The fraction of sp³-hybridized carbons (Fsp3) is 0.400. The van der Waals surface area contributed by atoms with E-state index in [0.717, 1.165) is 17.7 Å². The van der Waals surface area contributed by atoms with Gasteiger partial charge in [0.25, 0.3) is 5.91 Å². The fourth-order valence-corrected chi connectivity index (χ4v) is 3.13. The second-order valence-corrected chi connectivity index (χ2v) is 5.59. The van der Waals surface area contributed by atoms with E-state index in [-0.39, 0.29) is 11.9 Å². The third-order valence-electron chi connectivity index (χ3n) is 2.99. The van der Waals surface area contributed by atoms with Gasteiger partial charge in [-0.15, -0.1) is 0 Å². The van der Waals surface area contributed by atoms with Crippen LogP contribution in [0.15, 0.2) is 24.3 Å². The predicted molar refractivity (Wildman–Crippen MR) is 80.2 cm³/mol. The highest BCUT2D eigenvalue weighted by molar-refractivity contribution is 7.99. The third kappa shape index (κ3) is 4.02. The summed E-state index contributed by atoms with van der Waals surface area (Å²) >= 11 is 1.90. The Morgan fingerprint density at radius 3 is 3.05 bits per heavy atom. The number of hydrogen-bond acceptors (Lipinski definition) is 3. The first-order valence-corrected chi connectivity index (χ1v) is 7.63. The molecule has 100 valence electrons. The highest BCUT2D eigenvalue weighted by atomic mass is 32.2. The van der Waals surface area contributed by atoms with E-state index in [9.17, 15) is 4.79 Å². The fourth-order valence-electron chi connectivity index (χ4n) is 2.05. The van der Waals surface area contributed by atoms with Gasteiger partial charge in [0.2, 0.25) is 0 Å². The van der Waals surface area contributed by atoms with Crippen LogP contribution in [0.4, 0.5) is 0 Å². The molecule has 1 atom stereocenters. The van der Waals surface area contributed by atoms with Gasteiger partial charge < -0.3 is 11.1 Å². The maximum Gasteiger partial charge on any atom is 0.252 e. The van der Waals surface area contributed by atoms with Gasteiger partial charge in [-0.25, -0.2) is 0 Å². The number of hydrogen-bond donors (Lipinski definition) is 2. The van der Waals surface area contributed by atoms with Gasteiger partial charge >= 0.3 is 0 Å². The molecular weight excluding hydrogens is 256 g/mol. The molecule has 19 heavy (non-hydrogen) atoms. The van der Waals surface area contributed by atoms with Crippen LogP contribution in [0.1, 0.15) is 28.8 Å². The standard InChI is InChI=1S/C15H18N2OS/c16-9-3-6-12-5-1-2-8-14(12)15(18)17-13-7-4-10-19-11-13/h1-2,5,8,13H,4,7,9-11,16H2,(H,17,18). The van der Waals surface area contributed by atoms with E-state index in [2.05, 4.69) is 17.2 Å². The Balaban J connectivity index is 2.09. The molecule has 0 saturated carbocycles. The molecule has 1 aromatic rings. The van der Waals surface area contributed by atoms with Crippen molar-refractivity contribution in [1.29, 1.82) is 0 Å². The quantitative estimate of drug-likeness (QED) is 0.806. The molecule has 0 spiro atoms. The molecule has 4 heteroatoms. The van der Waals surface area contributed by atoms with Crippen molar-refractivity contribution in [3.8, 4) is 11.8 Å².